The van der Waals surface area contributed by atoms with Crippen molar-refractivity contribution in [3.8, 4) is 0 Å². The number of primary amides is 1. The molecule has 5 N–H and O–H groups in total. The van der Waals surface area contributed by atoms with Gasteiger partial charge in [-0.1, -0.05) is 57.0 Å². The number of amides is 2. The molecule has 2 amide bonds. The van der Waals surface area contributed by atoms with Crippen LogP contribution >= 0.6 is 12.2 Å². The van der Waals surface area contributed by atoms with E-state index in [1.54, 1.807) is 6.21 Å². The van der Waals surface area contributed by atoms with Crippen molar-refractivity contribution in [3.05, 3.63) is 35.9 Å². The molecule has 0 spiro atoms. The SMILES string of the molecule is CC(C)CC(C=NNC(=S)NCc1ccccc1)NC(=O)[C@@H]1CCCC[C@@H]1C(N)=O. The Balaban J connectivity index is 1.88. The molecule has 0 radical (unpaired) electrons. The Morgan fingerprint density at radius 2 is 1.87 bits per heavy atom. The largest absolute Gasteiger partial charge is 0.369 e. The Hall–Kier alpha value is -2.48. The highest BCUT2D eigenvalue weighted by atomic mass is 32.1. The van der Waals surface area contributed by atoms with Crippen LogP contribution < -0.4 is 21.8 Å². The molecule has 1 aromatic carbocycles. The third-order valence-electron chi connectivity index (χ3n) is 5.24. The van der Waals surface area contributed by atoms with Crippen molar-refractivity contribution >= 4 is 35.4 Å². The molecule has 0 heterocycles. The first-order valence-corrected chi connectivity index (χ1v) is 11.0. The number of hydrazone groups is 1. The van der Waals surface area contributed by atoms with E-state index in [4.69, 9.17) is 18.0 Å². The van der Waals surface area contributed by atoms with Crippen LogP contribution in [0.1, 0.15) is 51.5 Å². The molecule has 1 aromatic rings. The highest BCUT2D eigenvalue weighted by Crippen LogP contribution is 2.30. The summed E-state index contributed by atoms with van der Waals surface area (Å²) in [5, 5.41) is 10.7. The number of carbonyl (C=O) groups excluding carboxylic acids is 2. The average Bonchev–Trinajstić information content (AvgIpc) is 2.72. The highest BCUT2D eigenvalue weighted by molar-refractivity contribution is 7.80. The van der Waals surface area contributed by atoms with Gasteiger partial charge in [-0.15, -0.1) is 0 Å². The highest BCUT2D eigenvalue weighted by Gasteiger charge is 2.35. The molecule has 0 aliphatic heterocycles. The zero-order valence-electron chi connectivity index (χ0n) is 17.8. The van der Waals surface area contributed by atoms with Gasteiger partial charge in [0.15, 0.2) is 5.11 Å². The molecule has 3 atom stereocenters. The maximum Gasteiger partial charge on any atom is 0.224 e. The monoisotopic (exact) mass is 431 g/mol. The molecule has 1 aliphatic rings. The molecule has 2 rings (SSSR count). The van der Waals surface area contributed by atoms with Gasteiger partial charge in [0, 0.05) is 24.6 Å². The predicted molar refractivity (Wildman–Crippen MR) is 124 cm³/mol. The van der Waals surface area contributed by atoms with Crippen molar-refractivity contribution in [1.82, 2.24) is 16.1 Å². The Morgan fingerprint density at radius 3 is 2.50 bits per heavy atom. The molecule has 0 saturated heterocycles. The van der Waals surface area contributed by atoms with E-state index in [1.165, 1.54) is 0 Å². The van der Waals surface area contributed by atoms with Crippen LogP contribution in [0.2, 0.25) is 0 Å². The zero-order valence-corrected chi connectivity index (χ0v) is 18.6. The van der Waals surface area contributed by atoms with Gasteiger partial charge in [-0.25, -0.2) is 0 Å². The second-order valence-electron chi connectivity index (χ2n) is 8.20. The average molecular weight is 432 g/mol. The van der Waals surface area contributed by atoms with Crippen LogP contribution in [0.5, 0.6) is 0 Å². The molecular weight excluding hydrogens is 398 g/mol. The first-order valence-electron chi connectivity index (χ1n) is 10.6. The number of thiocarbonyl (C=S) groups is 1. The van der Waals surface area contributed by atoms with E-state index in [9.17, 15) is 9.59 Å². The Kier molecular flexibility index (Phi) is 9.73. The van der Waals surface area contributed by atoms with Crippen molar-refractivity contribution in [3.63, 3.8) is 0 Å². The number of nitrogens with one attached hydrogen (secondary N) is 3. The second-order valence-corrected chi connectivity index (χ2v) is 8.61. The number of rotatable bonds is 9. The molecule has 0 aromatic heterocycles. The van der Waals surface area contributed by atoms with Crippen molar-refractivity contribution in [2.45, 2.75) is 58.5 Å². The van der Waals surface area contributed by atoms with Crippen LogP contribution in [-0.2, 0) is 16.1 Å². The quantitative estimate of drug-likeness (QED) is 0.273. The predicted octanol–water partition coefficient (Wildman–Crippen LogP) is 2.46. The first-order chi connectivity index (χ1) is 14.4. The van der Waals surface area contributed by atoms with Gasteiger partial charge in [0.25, 0.3) is 0 Å². The fourth-order valence-electron chi connectivity index (χ4n) is 3.74. The van der Waals surface area contributed by atoms with Gasteiger partial charge >= 0.3 is 0 Å². The second kappa shape index (κ2) is 12.3. The van der Waals surface area contributed by atoms with Gasteiger partial charge in [0.05, 0.1) is 6.04 Å². The van der Waals surface area contributed by atoms with Crippen molar-refractivity contribution in [2.24, 2.45) is 28.6 Å². The number of nitrogens with zero attached hydrogens (tertiary/aromatic N) is 1. The van der Waals surface area contributed by atoms with Crippen LogP contribution in [0.15, 0.2) is 35.4 Å². The Bertz CT molecular complexity index is 738. The molecule has 1 fully saturated rings. The van der Waals surface area contributed by atoms with E-state index < -0.39 is 0 Å². The van der Waals surface area contributed by atoms with Crippen molar-refractivity contribution in [2.75, 3.05) is 0 Å². The summed E-state index contributed by atoms with van der Waals surface area (Å²) in [5.41, 5.74) is 9.43. The summed E-state index contributed by atoms with van der Waals surface area (Å²) in [6.07, 6.45) is 5.64. The lowest BCUT2D eigenvalue weighted by Gasteiger charge is -2.29. The fourth-order valence-corrected chi connectivity index (χ4v) is 3.87. The minimum atomic E-state index is -0.388. The fraction of sp³-hybridized carbons (Fsp3) is 0.545. The number of hydrogen-bond acceptors (Lipinski definition) is 4. The number of carbonyl (C=O) groups is 2. The lowest BCUT2D eigenvalue weighted by Crippen LogP contribution is -2.46. The normalized spacial score (nSPS) is 20.0. The minimum Gasteiger partial charge on any atom is -0.369 e. The van der Waals surface area contributed by atoms with E-state index in [2.05, 4.69) is 35.0 Å². The summed E-state index contributed by atoms with van der Waals surface area (Å²) in [7, 11) is 0. The molecule has 1 unspecified atom stereocenters. The van der Waals surface area contributed by atoms with Crippen LogP contribution in [0.3, 0.4) is 0 Å². The van der Waals surface area contributed by atoms with E-state index in [-0.39, 0.29) is 29.7 Å². The van der Waals surface area contributed by atoms with Gasteiger partial charge in [0.2, 0.25) is 11.8 Å². The lowest BCUT2D eigenvalue weighted by molar-refractivity contribution is -0.135. The van der Waals surface area contributed by atoms with Crippen molar-refractivity contribution in [1.29, 1.82) is 0 Å². The summed E-state index contributed by atoms with van der Waals surface area (Å²) in [5.74, 6) is -0.895. The molecule has 0 bridgehead atoms. The Morgan fingerprint density at radius 1 is 1.20 bits per heavy atom. The van der Waals surface area contributed by atoms with Gasteiger partial charge in [-0.3, -0.25) is 15.0 Å². The van der Waals surface area contributed by atoms with Crippen LogP contribution in [-0.4, -0.2) is 29.2 Å². The zero-order chi connectivity index (χ0) is 21.9. The molecule has 7 nitrogen and oxygen atoms in total. The molecule has 164 valence electrons. The van der Waals surface area contributed by atoms with Crippen molar-refractivity contribution < 1.29 is 9.59 Å². The summed E-state index contributed by atoms with van der Waals surface area (Å²) in [6.45, 7) is 4.77. The van der Waals surface area contributed by atoms with E-state index in [0.29, 0.717) is 30.4 Å². The standard InChI is InChI=1S/C22H33N5O2S/c1-15(2)12-17(26-21(29)19-11-7-6-10-18(19)20(23)28)14-25-27-22(30)24-13-16-8-4-3-5-9-16/h3-5,8-9,14-15,17-19H,6-7,10-13H2,1-2H3,(H2,23,28)(H,26,29)(H2,24,27,30)/t17?,18-,19+/m0/s1. The van der Waals surface area contributed by atoms with E-state index in [0.717, 1.165) is 24.8 Å². The molecule has 1 aliphatic carbocycles. The third kappa shape index (κ3) is 8.10. The van der Waals surface area contributed by atoms with Gasteiger partial charge in [-0.2, -0.15) is 5.10 Å². The molecular formula is C22H33N5O2S. The van der Waals surface area contributed by atoms with Crippen LogP contribution in [0, 0.1) is 17.8 Å². The van der Waals surface area contributed by atoms with Gasteiger partial charge < -0.3 is 16.4 Å². The molecule has 1 saturated carbocycles. The van der Waals surface area contributed by atoms with E-state index >= 15 is 0 Å². The maximum absolute atomic E-state index is 12.8. The third-order valence-corrected chi connectivity index (χ3v) is 5.47. The maximum atomic E-state index is 12.8. The smallest absolute Gasteiger partial charge is 0.224 e. The summed E-state index contributed by atoms with van der Waals surface area (Å²) < 4.78 is 0. The lowest BCUT2D eigenvalue weighted by atomic mass is 9.78. The molecule has 8 heteroatoms. The number of hydrogen-bond donors (Lipinski definition) is 4. The summed E-state index contributed by atoms with van der Waals surface area (Å²) >= 11 is 5.25. The molecule has 30 heavy (non-hydrogen) atoms. The van der Waals surface area contributed by atoms with Gasteiger partial charge in [-0.05, 0) is 43.0 Å². The summed E-state index contributed by atoms with van der Waals surface area (Å²) in [6, 6.07) is 9.68. The van der Waals surface area contributed by atoms with Crippen LogP contribution in [0.4, 0.5) is 0 Å². The first kappa shape index (κ1) is 23.8. The van der Waals surface area contributed by atoms with Gasteiger partial charge in [0.1, 0.15) is 0 Å². The number of nitrogens with two attached hydrogens (primary N) is 1. The topological polar surface area (TPSA) is 109 Å². The Labute approximate surface area is 184 Å². The minimum absolute atomic E-state index is 0.125. The summed E-state index contributed by atoms with van der Waals surface area (Å²) in [4.78, 5) is 24.6. The number of benzene rings is 1. The van der Waals surface area contributed by atoms with Crippen LogP contribution in [0.25, 0.3) is 0 Å². The van der Waals surface area contributed by atoms with E-state index in [1.807, 2.05) is 30.3 Å².